The normalized spacial score (nSPS) is 14.5. The van der Waals surface area contributed by atoms with E-state index in [1.807, 2.05) is 0 Å². The molecule has 1 atom stereocenters. The second-order valence-corrected chi connectivity index (χ2v) is 5.40. The lowest BCUT2D eigenvalue weighted by atomic mass is 10.3. The number of aliphatic hydroxyl groups excluding tert-OH is 1. The molecule has 0 saturated carbocycles. The van der Waals surface area contributed by atoms with Crippen LogP contribution in [0.4, 0.5) is 26.3 Å². The van der Waals surface area contributed by atoms with Crippen LogP contribution in [0.3, 0.4) is 0 Å². The summed E-state index contributed by atoms with van der Waals surface area (Å²) < 4.78 is 75.1. The third-order valence-corrected chi connectivity index (χ3v) is 3.66. The van der Waals surface area contributed by atoms with Gasteiger partial charge in [0, 0.05) is 11.9 Å². The van der Waals surface area contributed by atoms with Crippen molar-refractivity contribution in [2.75, 3.05) is 5.75 Å². The molecule has 1 unspecified atom stereocenters. The third-order valence-electron chi connectivity index (χ3n) is 2.57. The smallest absolute Gasteiger partial charge is 0.392 e. The number of halogens is 6. The first-order valence-corrected chi connectivity index (χ1v) is 6.84. The van der Waals surface area contributed by atoms with Crippen molar-refractivity contribution < 1.29 is 31.4 Å². The lowest BCUT2D eigenvalue weighted by Crippen LogP contribution is -2.21. The lowest BCUT2D eigenvalue weighted by Gasteiger charge is -2.12. The molecule has 11 heteroatoms. The average molecular weight is 345 g/mol. The van der Waals surface area contributed by atoms with Gasteiger partial charge in [-0.25, -0.2) is 0 Å². The van der Waals surface area contributed by atoms with Gasteiger partial charge in [0.05, 0.1) is 18.1 Å². The minimum Gasteiger partial charge on any atom is -0.392 e. The molecule has 122 valence electrons. The summed E-state index contributed by atoms with van der Waals surface area (Å²) in [5.74, 6) is -0.365. The van der Waals surface area contributed by atoms with Gasteiger partial charge < -0.3 is 5.11 Å². The highest BCUT2D eigenvalue weighted by molar-refractivity contribution is 7.99. The van der Waals surface area contributed by atoms with Crippen LogP contribution in [-0.2, 0) is 6.18 Å². The zero-order valence-corrected chi connectivity index (χ0v) is 11.5. The fraction of sp³-hybridized carbons (Fsp3) is 0.455. The molecule has 0 aliphatic rings. The van der Waals surface area contributed by atoms with Crippen molar-refractivity contribution in [3.63, 3.8) is 0 Å². The van der Waals surface area contributed by atoms with E-state index >= 15 is 0 Å². The van der Waals surface area contributed by atoms with E-state index < -0.39 is 30.4 Å². The molecule has 0 aliphatic carbocycles. The molecular weight excluding hydrogens is 336 g/mol. The van der Waals surface area contributed by atoms with Gasteiger partial charge >= 0.3 is 12.4 Å². The summed E-state index contributed by atoms with van der Waals surface area (Å²) >= 11 is 0.697. The van der Waals surface area contributed by atoms with Gasteiger partial charge in [-0.3, -0.25) is 4.40 Å². The van der Waals surface area contributed by atoms with Crippen LogP contribution in [-0.4, -0.2) is 37.7 Å². The Morgan fingerprint density at radius 1 is 1.14 bits per heavy atom. The highest BCUT2D eigenvalue weighted by Crippen LogP contribution is 2.30. The first-order valence-electron chi connectivity index (χ1n) is 5.86. The molecule has 0 spiro atoms. The number of aliphatic hydroxyl groups is 1. The van der Waals surface area contributed by atoms with Crippen molar-refractivity contribution in [1.29, 1.82) is 0 Å². The zero-order chi connectivity index (χ0) is 16.5. The third kappa shape index (κ3) is 4.26. The molecule has 0 fully saturated rings. The van der Waals surface area contributed by atoms with Crippen molar-refractivity contribution in [3.05, 3.63) is 23.9 Å². The van der Waals surface area contributed by atoms with Crippen molar-refractivity contribution in [1.82, 2.24) is 14.6 Å². The van der Waals surface area contributed by atoms with Crippen LogP contribution in [0.5, 0.6) is 0 Å². The fourth-order valence-corrected chi connectivity index (χ4v) is 2.48. The highest BCUT2D eigenvalue weighted by Gasteiger charge is 2.32. The SMILES string of the molecule is OC(CSc1nnc2ccc(C(F)(F)F)cn12)CC(F)(F)F. The van der Waals surface area contributed by atoms with Gasteiger partial charge in [0.15, 0.2) is 10.8 Å². The standard InChI is InChI=1S/C11H9F6N3OS/c12-10(13,14)3-7(21)5-22-9-19-18-8-2-1-6(4-20(8)9)11(15,16)17/h1-2,4,7,21H,3,5H2. The Labute approximate surface area is 124 Å². The van der Waals surface area contributed by atoms with Gasteiger partial charge in [0.2, 0.25) is 0 Å². The Kier molecular flexibility index (Phi) is 4.57. The van der Waals surface area contributed by atoms with E-state index in [0.717, 1.165) is 22.7 Å². The van der Waals surface area contributed by atoms with Gasteiger partial charge in [0.1, 0.15) is 0 Å². The maximum absolute atomic E-state index is 12.6. The second kappa shape index (κ2) is 5.95. The molecule has 22 heavy (non-hydrogen) atoms. The molecule has 0 bridgehead atoms. The molecule has 2 aromatic rings. The summed E-state index contributed by atoms with van der Waals surface area (Å²) in [7, 11) is 0. The van der Waals surface area contributed by atoms with Gasteiger partial charge in [-0.2, -0.15) is 26.3 Å². The van der Waals surface area contributed by atoms with E-state index in [9.17, 15) is 31.4 Å². The molecule has 0 radical (unpaired) electrons. The molecular formula is C11H9F6N3OS. The minimum absolute atomic E-state index is 0.0256. The summed E-state index contributed by atoms with van der Waals surface area (Å²) in [5.41, 5.74) is -0.807. The van der Waals surface area contributed by atoms with E-state index in [1.54, 1.807) is 0 Å². The molecule has 0 aromatic carbocycles. The van der Waals surface area contributed by atoms with Crippen molar-refractivity contribution in [2.24, 2.45) is 0 Å². The van der Waals surface area contributed by atoms with E-state index in [4.69, 9.17) is 0 Å². The number of alkyl halides is 6. The van der Waals surface area contributed by atoms with E-state index in [-0.39, 0.29) is 16.6 Å². The van der Waals surface area contributed by atoms with Crippen LogP contribution < -0.4 is 0 Å². The number of thioether (sulfide) groups is 1. The van der Waals surface area contributed by atoms with E-state index in [2.05, 4.69) is 10.2 Å². The number of nitrogens with zero attached hydrogens (tertiary/aromatic N) is 3. The zero-order valence-electron chi connectivity index (χ0n) is 10.7. The summed E-state index contributed by atoms with van der Waals surface area (Å²) in [6.45, 7) is 0. The van der Waals surface area contributed by atoms with Crippen LogP contribution in [0, 0.1) is 0 Å². The Balaban J connectivity index is 2.15. The van der Waals surface area contributed by atoms with Crippen LogP contribution in [0.15, 0.2) is 23.5 Å². The number of hydrogen-bond acceptors (Lipinski definition) is 4. The number of aromatic nitrogens is 3. The predicted molar refractivity (Wildman–Crippen MR) is 65.4 cm³/mol. The Bertz CT molecular complexity index is 653. The minimum atomic E-state index is -4.56. The molecule has 1 N–H and O–H groups in total. The quantitative estimate of drug-likeness (QED) is 0.683. The monoisotopic (exact) mass is 345 g/mol. The van der Waals surface area contributed by atoms with E-state index in [0.29, 0.717) is 11.8 Å². The molecule has 0 amide bonds. The van der Waals surface area contributed by atoms with Crippen LogP contribution in [0.25, 0.3) is 5.65 Å². The largest absolute Gasteiger partial charge is 0.417 e. The van der Waals surface area contributed by atoms with Crippen molar-refractivity contribution in [3.8, 4) is 0 Å². The van der Waals surface area contributed by atoms with E-state index in [1.165, 1.54) is 0 Å². The Morgan fingerprint density at radius 3 is 2.41 bits per heavy atom. The maximum atomic E-state index is 12.6. The lowest BCUT2D eigenvalue weighted by molar-refractivity contribution is -0.150. The topological polar surface area (TPSA) is 50.4 Å². The number of rotatable bonds is 4. The summed E-state index contributed by atoms with van der Waals surface area (Å²) in [5, 5.41) is 16.5. The fourth-order valence-electron chi connectivity index (χ4n) is 1.63. The van der Waals surface area contributed by atoms with Crippen molar-refractivity contribution in [2.45, 2.75) is 30.0 Å². The number of fused-ring (bicyclic) bond motifs is 1. The Morgan fingerprint density at radius 2 is 1.82 bits per heavy atom. The van der Waals surface area contributed by atoms with Gasteiger partial charge in [-0.15, -0.1) is 10.2 Å². The first-order chi connectivity index (χ1) is 10.1. The average Bonchev–Trinajstić information content (AvgIpc) is 2.75. The van der Waals surface area contributed by atoms with Gasteiger partial charge in [-0.05, 0) is 12.1 Å². The molecule has 0 aliphatic heterocycles. The first kappa shape index (κ1) is 16.9. The second-order valence-electron chi connectivity index (χ2n) is 4.41. The molecule has 4 nitrogen and oxygen atoms in total. The summed E-state index contributed by atoms with van der Waals surface area (Å²) in [6, 6.07) is 1.93. The number of hydrogen-bond donors (Lipinski definition) is 1. The highest BCUT2D eigenvalue weighted by atomic mass is 32.2. The summed E-state index contributed by atoms with van der Waals surface area (Å²) in [6.07, 6.45) is -11.4. The molecule has 2 aromatic heterocycles. The number of pyridine rings is 1. The van der Waals surface area contributed by atoms with Crippen LogP contribution in [0.1, 0.15) is 12.0 Å². The summed E-state index contributed by atoms with van der Waals surface area (Å²) in [4.78, 5) is 0. The van der Waals surface area contributed by atoms with Gasteiger partial charge in [0.25, 0.3) is 0 Å². The Hall–Kier alpha value is -1.49. The van der Waals surface area contributed by atoms with Crippen LogP contribution in [0.2, 0.25) is 0 Å². The molecule has 0 saturated heterocycles. The van der Waals surface area contributed by atoms with Crippen molar-refractivity contribution >= 4 is 17.4 Å². The molecule has 2 rings (SSSR count). The maximum Gasteiger partial charge on any atom is 0.417 e. The van der Waals surface area contributed by atoms with Crippen LogP contribution >= 0.6 is 11.8 Å². The van der Waals surface area contributed by atoms with Gasteiger partial charge in [-0.1, -0.05) is 11.8 Å². The predicted octanol–water partition coefficient (Wildman–Crippen LogP) is 3.15. The molecule has 2 heterocycles.